The molecule has 0 saturated carbocycles. The molecule has 2 N–H and O–H groups in total. The predicted molar refractivity (Wildman–Crippen MR) is 128 cm³/mol. The molecule has 0 bridgehead atoms. The Balaban J connectivity index is 1.51. The standard InChI is InChI=1S/C25H26N4O3S/c1-3-29-23-12-8-7-11-22(23)28-24(29)17-26-25(30)21-15-20(14-13-18(21)2)33(31,32)27-16-19-9-5-4-6-10-19/h4-15,27H,3,16-17H2,1-2H3,(H,26,30). The lowest BCUT2D eigenvalue weighted by Gasteiger charge is -2.12. The highest BCUT2D eigenvalue weighted by Crippen LogP contribution is 2.18. The van der Waals surface area contributed by atoms with Crippen LogP contribution in [0.15, 0.2) is 77.7 Å². The number of imidazole rings is 1. The summed E-state index contributed by atoms with van der Waals surface area (Å²) in [5, 5.41) is 2.89. The molecule has 1 amide bonds. The first-order valence-corrected chi connectivity index (χ1v) is 12.2. The van der Waals surface area contributed by atoms with Gasteiger partial charge in [-0.3, -0.25) is 4.79 Å². The largest absolute Gasteiger partial charge is 0.345 e. The molecule has 0 radical (unpaired) electrons. The first-order chi connectivity index (χ1) is 15.9. The number of rotatable bonds is 8. The number of aromatic nitrogens is 2. The zero-order valence-electron chi connectivity index (χ0n) is 18.6. The van der Waals surface area contributed by atoms with E-state index in [0.717, 1.165) is 29.0 Å². The number of carbonyl (C=O) groups is 1. The number of nitrogens with zero attached hydrogens (tertiary/aromatic N) is 2. The molecular formula is C25H26N4O3S. The van der Waals surface area contributed by atoms with Crippen LogP contribution < -0.4 is 10.0 Å². The second-order valence-electron chi connectivity index (χ2n) is 7.73. The average Bonchev–Trinajstić information content (AvgIpc) is 3.19. The molecule has 0 aliphatic heterocycles. The van der Waals surface area contributed by atoms with Gasteiger partial charge in [0.2, 0.25) is 10.0 Å². The third-order valence-electron chi connectivity index (χ3n) is 5.53. The zero-order chi connectivity index (χ0) is 23.4. The summed E-state index contributed by atoms with van der Waals surface area (Å²) in [6.07, 6.45) is 0. The van der Waals surface area contributed by atoms with Crippen molar-refractivity contribution in [3.05, 3.63) is 95.3 Å². The van der Waals surface area contributed by atoms with E-state index in [1.165, 1.54) is 12.1 Å². The van der Waals surface area contributed by atoms with Gasteiger partial charge in [-0.15, -0.1) is 0 Å². The van der Waals surface area contributed by atoms with E-state index in [-0.39, 0.29) is 23.9 Å². The number of para-hydroxylation sites is 2. The number of nitrogens with one attached hydrogen (secondary N) is 2. The van der Waals surface area contributed by atoms with Crippen LogP contribution >= 0.6 is 0 Å². The van der Waals surface area contributed by atoms with Gasteiger partial charge in [0.15, 0.2) is 0 Å². The molecule has 4 rings (SSSR count). The number of carbonyl (C=O) groups excluding carboxylic acids is 1. The summed E-state index contributed by atoms with van der Waals surface area (Å²) in [5.41, 5.74) is 3.75. The van der Waals surface area contributed by atoms with Crippen molar-refractivity contribution in [3.8, 4) is 0 Å². The highest BCUT2D eigenvalue weighted by atomic mass is 32.2. The van der Waals surface area contributed by atoms with Gasteiger partial charge in [0.25, 0.3) is 5.91 Å². The summed E-state index contributed by atoms with van der Waals surface area (Å²) >= 11 is 0. The molecule has 1 aromatic heterocycles. The Bertz CT molecular complexity index is 1400. The second kappa shape index (κ2) is 9.56. The van der Waals surface area contributed by atoms with Gasteiger partial charge in [0.1, 0.15) is 5.82 Å². The summed E-state index contributed by atoms with van der Waals surface area (Å²) in [5.74, 6) is 0.403. The Morgan fingerprint density at radius 1 is 0.970 bits per heavy atom. The lowest BCUT2D eigenvalue weighted by Crippen LogP contribution is -2.27. The maximum Gasteiger partial charge on any atom is 0.251 e. The molecule has 8 heteroatoms. The number of fused-ring (bicyclic) bond motifs is 1. The van der Waals surface area contributed by atoms with Crippen molar-refractivity contribution < 1.29 is 13.2 Å². The average molecular weight is 463 g/mol. The van der Waals surface area contributed by atoms with E-state index < -0.39 is 10.0 Å². The van der Waals surface area contributed by atoms with E-state index in [1.807, 2.05) is 61.5 Å². The first kappa shape index (κ1) is 22.7. The molecule has 33 heavy (non-hydrogen) atoms. The third-order valence-corrected chi connectivity index (χ3v) is 6.93. The molecule has 0 aliphatic rings. The zero-order valence-corrected chi connectivity index (χ0v) is 19.4. The van der Waals surface area contributed by atoms with Crippen molar-refractivity contribution in [1.82, 2.24) is 19.6 Å². The maximum atomic E-state index is 12.9. The Morgan fingerprint density at radius 2 is 1.70 bits per heavy atom. The fraction of sp³-hybridized carbons (Fsp3) is 0.200. The van der Waals surface area contributed by atoms with Crippen molar-refractivity contribution >= 4 is 27.0 Å². The summed E-state index contributed by atoms with van der Waals surface area (Å²) in [6, 6.07) is 21.7. The molecule has 0 aliphatic carbocycles. The molecule has 0 spiro atoms. The van der Waals surface area contributed by atoms with E-state index in [0.29, 0.717) is 11.1 Å². The van der Waals surface area contributed by atoms with Crippen LogP contribution in [0.5, 0.6) is 0 Å². The first-order valence-electron chi connectivity index (χ1n) is 10.8. The van der Waals surface area contributed by atoms with Crippen molar-refractivity contribution in [2.24, 2.45) is 0 Å². The lowest BCUT2D eigenvalue weighted by atomic mass is 10.1. The van der Waals surface area contributed by atoms with Gasteiger partial charge in [0.05, 0.1) is 22.5 Å². The molecule has 0 fully saturated rings. The van der Waals surface area contributed by atoms with Crippen LogP contribution in [0, 0.1) is 6.92 Å². The Labute approximate surface area is 193 Å². The van der Waals surface area contributed by atoms with E-state index in [2.05, 4.69) is 19.6 Å². The topological polar surface area (TPSA) is 93.1 Å². The highest BCUT2D eigenvalue weighted by molar-refractivity contribution is 7.89. The molecule has 170 valence electrons. The van der Waals surface area contributed by atoms with E-state index in [4.69, 9.17) is 0 Å². The molecule has 7 nitrogen and oxygen atoms in total. The molecule has 0 atom stereocenters. The summed E-state index contributed by atoms with van der Waals surface area (Å²) in [7, 11) is -3.77. The van der Waals surface area contributed by atoms with Gasteiger partial charge in [-0.05, 0) is 49.2 Å². The van der Waals surface area contributed by atoms with E-state index >= 15 is 0 Å². The van der Waals surface area contributed by atoms with E-state index in [9.17, 15) is 13.2 Å². The molecule has 3 aromatic carbocycles. The number of hydrogen-bond acceptors (Lipinski definition) is 4. The van der Waals surface area contributed by atoms with Crippen molar-refractivity contribution in [1.29, 1.82) is 0 Å². The minimum absolute atomic E-state index is 0.0509. The maximum absolute atomic E-state index is 12.9. The smallest absolute Gasteiger partial charge is 0.251 e. The number of amides is 1. The van der Waals surface area contributed by atoms with Crippen LogP contribution in [-0.2, 0) is 29.7 Å². The van der Waals surface area contributed by atoms with Crippen molar-refractivity contribution in [2.75, 3.05) is 0 Å². The minimum atomic E-state index is -3.77. The van der Waals surface area contributed by atoms with Gasteiger partial charge in [-0.25, -0.2) is 18.1 Å². The Hall–Kier alpha value is -3.49. The quantitative estimate of drug-likeness (QED) is 0.417. The van der Waals surface area contributed by atoms with Gasteiger partial charge in [0, 0.05) is 18.7 Å². The SMILES string of the molecule is CCn1c(CNC(=O)c2cc(S(=O)(=O)NCc3ccccc3)ccc2C)nc2ccccc21. The van der Waals surface area contributed by atoms with Crippen molar-refractivity contribution in [2.45, 2.75) is 38.4 Å². The summed E-state index contributed by atoms with van der Waals surface area (Å²) in [4.78, 5) is 17.6. The third kappa shape index (κ3) is 4.97. The van der Waals surface area contributed by atoms with E-state index in [1.54, 1.807) is 13.0 Å². The molecule has 1 heterocycles. The van der Waals surface area contributed by atoms with Crippen LogP contribution in [0.3, 0.4) is 0 Å². The van der Waals surface area contributed by atoms with Crippen LogP contribution in [0.1, 0.15) is 34.2 Å². The van der Waals surface area contributed by atoms with Gasteiger partial charge < -0.3 is 9.88 Å². The summed E-state index contributed by atoms with van der Waals surface area (Å²) in [6.45, 7) is 4.95. The number of sulfonamides is 1. The summed E-state index contributed by atoms with van der Waals surface area (Å²) < 4.78 is 30.2. The normalized spacial score (nSPS) is 11.6. The van der Waals surface area contributed by atoms with Gasteiger partial charge >= 0.3 is 0 Å². The number of aryl methyl sites for hydroxylation is 2. The fourth-order valence-corrected chi connectivity index (χ4v) is 4.78. The molecule has 0 unspecified atom stereocenters. The fourth-order valence-electron chi connectivity index (χ4n) is 3.74. The second-order valence-corrected chi connectivity index (χ2v) is 9.50. The monoisotopic (exact) mass is 462 g/mol. The number of hydrogen-bond donors (Lipinski definition) is 2. The number of benzene rings is 3. The predicted octanol–water partition coefficient (Wildman–Crippen LogP) is 3.77. The van der Waals surface area contributed by atoms with Crippen LogP contribution in [0.2, 0.25) is 0 Å². The van der Waals surface area contributed by atoms with Gasteiger partial charge in [-0.1, -0.05) is 48.5 Å². The minimum Gasteiger partial charge on any atom is -0.345 e. The van der Waals surface area contributed by atoms with Crippen LogP contribution in [0.4, 0.5) is 0 Å². The van der Waals surface area contributed by atoms with Crippen molar-refractivity contribution in [3.63, 3.8) is 0 Å². The molecule has 4 aromatic rings. The molecule has 0 saturated heterocycles. The lowest BCUT2D eigenvalue weighted by molar-refractivity contribution is 0.0948. The van der Waals surface area contributed by atoms with Crippen LogP contribution in [-0.4, -0.2) is 23.9 Å². The Morgan fingerprint density at radius 3 is 2.45 bits per heavy atom. The Kier molecular flexibility index (Phi) is 6.57. The van der Waals surface area contributed by atoms with Crippen LogP contribution in [0.25, 0.3) is 11.0 Å². The highest BCUT2D eigenvalue weighted by Gasteiger charge is 2.19. The van der Waals surface area contributed by atoms with Gasteiger partial charge in [-0.2, -0.15) is 0 Å². The molecular weight excluding hydrogens is 436 g/mol.